The van der Waals surface area contributed by atoms with Gasteiger partial charge in [0.2, 0.25) is 0 Å². The Morgan fingerprint density at radius 1 is 1.24 bits per heavy atom. The lowest BCUT2D eigenvalue weighted by Gasteiger charge is -2.27. The lowest BCUT2D eigenvalue weighted by Crippen LogP contribution is -2.44. The molecule has 0 aromatic rings. The van der Waals surface area contributed by atoms with Crippen molar-refractivity contribution in [1.29, 1.82) is 0 Å². The van der Waals surface area contributed by atoms with Gasteiger partial charge in [-0.15, -0.1) is 11.6 Å². The summed E-state index contributed by atoms with van der Waals surface area (Å²) in [7, 11) is 0. The van der Waals surface area contributed by atoms with Gasteiger partial charge in [0.1, 0.15) is 0 Å². The minimum Gasteiger partial charge on any atom is -0.376 e. The smallest absolute Gasteiger partial charge is 0.251 e. The maximum absolute atomic E-state index is 11.8. The molecule has 1 aliphatic heterocycles. The van der Waals surface area contributed by atoms with Crippen LogP contribution in [0.5, 0.6) is 0 Å². The van der Waals surface area contributed by atoms with Gasteiger partial charge in [0.25, 0.3) is 5.91 Å². The summed E-state index contributed by atoms with van der Waals surface area (Å²) in [4.78, 5) is 11.8. The van der Waals surface area contributed by atoms with E-state index in [1.165, 1.54) is 0 Å². The maximum Gasteiger partial charge on any atom is 0.251 e. The number of hydrogen-bond acceptors (Lipinski definition) is 3. The molecule has 2 aliphatic rings. The number of amides is 1. The van der Waals surface area contributed by atoms with Gasteiger partial charge in [0.15, 0.2) is 6.10 Å². The molecule has 2 rings (SSSR count). The van der Waals surface area contributed by atoms with Crippen LogP contribution in [0.4, 0.5) is 0 Å². The number of halogens is 1. The third-order valence-corrected chi connectivity index (χ3v) is 3.89. The summed E-state index contributed by atoms with van der Waals surface area (Å²) < 4.78 is 10.5. The Morgan fingerprint density at radius 2 is 2.00 bits per heavy atom. The first-order valence-electron chi connectivity index (χ1n) is 6.37. The molecule has 2 fully saturated rings. The quantitative estimate of drug-likeness (QED) is 0.780. The van der Waals surface area contributed by atoms with E-state index in [-0.39, 0.29) is 5.91 Å². The van der Waals surface area contributed by atoms with Crippen LogP contribution in [0.1, 0.15) is 25.7 Å². The van der Waals surface area contributed by atoms with Crippen molar-refractivity contribution in [3.63, 3.8) is 0 Å². The predicted molar refractivity (Wildman–Crippen MR) is 65.2 cm³/mol. The first-order valence-corrected chi connectivity index (χ1v) is 6.80. The molecule has 1 atom stereocenters. The Morgan fingerprint density at radius 3 is 2.65 bits per heavy atom. The van der Waals surface area contributed by atoms with E-state index in [0.29, 0.717) is 31.1 Å². The van der Waals surface area contributed by atoms with Crippen molar-refractivity contribution in [2.75, 3.05) is 26.4 Å². The van der Waals surface area contributed by atoms with Crippen LogP contribution in [0, 0.1) is 5.92 Å². The van der Waals surface area contributed by atoms with Crippen molar-refractivity contribution >= 4 is 17.5 Å². The average Bonchev–Trinajstić information content (AvgIpc) is 2.39. The second kappa shape index (κ2) is 6.57. The van der Waals surface area contributed by atoms with Crippen molar-refractivity contribution in [2.45, 2.75) is 37.2 Å². The molecule has 98 valence electrons. The van der Waals surface area contributed by atoms with E-state index in [0.717, 1.165) is 32.2 Å². The molecular formula is C12H20ClNO3. The second-order valence-electron chi connectivity index (χ2n) is 4.80. The molecule has 17 heavy (non-hydrogen) atoms. The predicted octanol–water partition coefficient (Wildman–Crippen LogP) is 1.32. The fourth-order valence-corrected chi connectivity index (χ4v) is 2.58. The monoisotopic (exact) mass is 261 g/mol. The van der Waals surface area contributed by atoms with Crippen LogP contribution in [-0.2, 0) is 14.3 Å². The Hall–Kier alpha value is -0.320. The average molecular weight is 262 g/mol. The SMILES string of the molecule is O=C(NCC1CCC(Cl)CC1)C1COCCO1. The highest BCUT2D eigenvalue weighted by molar-refractivity contribution is 6.20. The molecule has 0 bridgehead atoms. The Balaban J connectivity index is 1.65. The molecule has 1 saturated heterocycles. The van der Waals surface area contributed by atoms with Gasteiger partial charge < -0.3 is 14.8 Å². The van der Waals surface area contributed by atoms with Gasteiger partial charge in [-0.2, -0.15) is 0 Å². The number of carbonyl (C=O) groups is 1. The topological polar surface area (TPSA) is 47.6 Å². The van der Waals surface area contributed by atoms with Gasteiger partial charge in [-0.25, -0.2) is 0 Å². The minimum atomic E-state index is -0.423. The van der Waals surface area contributed by atoms with E-state index >= 15 is 0 Å². The van der Waals surface area contributed by atoms with Crippen molar-refractivity contribution in [3.8, 4) is 0 Å². The molecule has 1 aliphatic carbocycles. The fraction of sp³-hybridized carbons (Fsp3) is 0.917. The summed E-state index contributed by atoms with van der Waals surface area (Å²) in [6, 6.07) is 0. The molecule has 1 heterocycles. The van der Waals surface area contributed by atoms with Crippen molar-refractivity contribution in [2.24, 2.45) is 5.92 Å². The molecule has 1 saturated carbocycles. The highest BCUT2D eigenvalue weighted by atomic mass is 35.5. The molecule has 0 aromatic carbocycles. The van der Waals surface area contributed by atoms with E-state index in [2.05, 4.69) is 5.32 Å². The molecule has 0 spiro atoms. The zero-order valence-electron chi connectivity index (χ0n) is 9.99. The number of carbonyl (C=O) groups excluding carboxylic acids is 1. The van der Waals surface area contributed by atoms with E-state index in [4.69, 9.17) is 21.1 Å². The summed E-state index contributed by atoms with van der Waals surface area (Å²) in [6.45, 7) is 2.21. The van der Waals surface area contributed by atoms with Crippen molar-refractivity contribution in [3.05, 3.63) is 0 Å². The standard InChI is InChI=1S/C12H20ClNO3/c13-10-3-1-9(2-4-10)7-14-12(15)11-8-16-5-6-17-11/h9-11H,1-8H2,(H,14,15). The highest BCUT2D eigenvalue weighted by Crippen LogP contribution is 2.26. The zero-order chi connectivity index (χ0) is 12.1. The van der Waals surface area contributed by atoms with Crippen LogP contribution in [0.2, 0.25) is 0 Å². The Kier molecular flexibility index (Phi) is 5.07. The summed E-state index contributed by atoms with van der Waals surface area (Å²) in [6.07, 6.45) is 3.91. The van der Waals surface area contributed by atoms with Crippen molar-refractivity contribution < 1.29 is 14.3 Å². The Labute approximate surface area is 107 Å². The summed E-state index contributed by atoms with van der Waals surface area (Å²) >= 11 is 6.04. The van der Waals surface area contributed by atoms with E-state index in [9.17, 15) is 4.79 Å². The highest BCUT2D eigenvalue weighted by Gasteiger charge is 2.24. The lowest BCUT2D eigenvalue weighted by atomic mass is 9.89. The van der Waals surface area contributed by atoms with Crippen LogP contribution in [0.3, 0.4) is 0 Å². The first-order chi connectivity index (χ1) is 8.25. The van der Waals surface area contributed by atoms with E-state index < -0.39 is 6.10 Å². The Bertz CT molecular complexity index is 248. The fourth-order valence-electron chi connectivity index (χ4n) is 2.32. The third-order valence-electron chi connectivity index (χ3n) is 3.45. The van der Waals surface area contributed by atoms with E-state index in [1.54, 1.807) is 0 Å². The molecule has 5 heteroatoms. The number of ether oxygens (including phenoxy) is 2. The molecular weight excluding hydrogens is 242 g/mol. The molecule has 0 aromatic heterocycles. The van der Waals surface area contributed by atoms with Crippen LogP contribution in [0.25, 0.3) is 0 Å². The van der Waals surface area contributed by atoms with E-state index in [1.807, 2.05) is 0 Å². The molecule has 1 N–H and O–H groups in total. The van der Waals surface area contributed by atoms with Gasteiger partial charge in [-0.3, -0.25) is 4.79 Å². The van der Waals surface area contributed by atoms with Gasteiger partial charge in [0, 0.05) is 11.9 Å². The van der Waals surface area contributed by atoms with Crippen LogP contribution >= 0.6 is 11.6 Å². The lowest BCUT2D eigenvalue weighted by molar-refractivity contribution is -0.147. The zero-order valence-corrected chi connectivity index (χ0v) is 10.7. The van der Waals surface area contributed by atoms with Crippen LogP contribution in [0.15, 0.2) is 0 Å². The summed E-state index contributed by atoms with van der Waals surface area (Å²) in [5.74, 6) is 0.524. The molecule has 1 unspecified atom stereocenters. The summed E-state index contributed by atoms with van der Waals surface area (Å²) in [5, 5.41) is 3.28. The minimum absolute atomic E-state index is 0.0438. The largest absolute Gasteiger partial charge is 0.376 e. The number of hydrogen-bond donors (Lipinski definition) is 1. The number of nitrogens with one attached hydrogen (secondary N) is 1. The molecule has 0 radical (unpaired) electrons. The van der Waals surface area contributed by atoms with Crippen molar-refractivity contribution in [1.82, 2.24) is 5.32 Å². The second-order valence-corrected chi connectivity index (χ2v) is 5.41. The summed E-state index contributed by atoms with van der Waals surface area (Å²) in [5.41, 5.74) is 0. The first kappa shape index (κ1) is 13.1. The molecule has 1 amide bonds. The number of alkyl halides is 1. The maximum atomic E-state index is 11.8. The third kappa shape index (κ3) is 4.12. The van der Waals surface area contributed by atoms with Crippen LogP contribution in [-0.4, -0.2) is 43.8 Å². The van der Waals surface area contributed by atoms with Gasteiger partial charge in [-0.1, -0.05) is 0 Å². The van der Waals surface area contributed by atoms with Gasteiger partial charge in [0.05, 0.1) is 19.8 Å². The number of rotatable bonds is 3. The molecule has 4 nitrogen and oxygen atoms in total. The van der Waals surface area contributed by atoms with Crippen LogP contribution < -0.4 is 5.32 Å². The van der Waals surface area contributed by atoms with Gasteiger partial charge >= 0.3 is 0 Å². The normalized spacial score (nSPS) is 34.3. The van der Waals surface area contributed by atoms with Gasteiger partial charge in [-0.05, 0) is 31.6 Å².